The second kappa shape index (κ2) is 3.53. The SMILES string of the molecule is CSc1nc(N)nc(C)c1C=O. The number of aldehydes is 1. The van der Waals surface area contributed by atoms with E-state index in [1.807, 2.05) is 6.26 Å². The van der Waals surface area contributed by atoms with E-state index in [4.69, 9.17) is 5.73 Å². The number of nitrogens with zero attached hydrogens (tertiary/aromatic N) is 2. The molecule has 2 N–H and O–H groups in total. The maximum absolute atomic E-state index is 10.6. The molecule has 0 bridgehead atoms. The Kier molecular flexibility index (Phi) is 2.65. The van der Waals surface area contributed by atoms with Crippen molar-refractivity contribution in [1.82, 2.24) is 9.97 Å². The zero-order chi connectivity index (χ0) is 9.14. The predicted molar refractivity (Wildman–Crippen MR) is 48.3 cm³/mol. The summed E-state index contributed by atoms with van der Waals surface area (Å²) < 4.78 is 0. The summed E-state index contributed by atoms with van der Waals surface area (Å²) in [7, 11) is 0. The molecule has 0 fully saturated rings. The van der Waals surface area contributed by atoms with Crippen molar-refractivity contribution in [3.63, 3.8) is 0 Å². The molecule has 0 aliphatic heterocycles. The van der Waals surface area contributed by atoms with Crippen molar-refractivity contribution >= 4 is 24.0 Å². The molecule has 4 nitrogen and oxygen atoms in total. The van der Waals surface area contributed by atoms with Gasteiger partial charge in [0.25, 0.3) is 0 Å². The number of aromatic nitrogens is 2. The minimum atomic E-state index is 0.211. The van der Waals surface area contributed by atoms with Crippen LogP contribution in [0, 0.1) is 6.92 Å². The molecule has 1 aromatic heterocycles. The minimum Gasteiger partial charge on any atom is -0.368 e. The summed E-state index contributed by atoms with van der Waals surface area (Å²) >= 11 is 1.39. The number of nitrogen functional groups attached to an aromatic ring is 1. The third-order valence-electron chi connectivity index (χ3n) is 1.43. The fraction of sp³-hybridized carbons (Fsp3) is 0.286. The number of rotatable bonds is 2. The van der Waals surface area contributed by atoms with Crippen LogP contribution in [0.1, 0.15) is 16.1 Å². The van der Waals surface area contributed by atoms with E-state index in [1.54, 1.807) is 6.92 Å². The first-order valence-corrected chi connectivity index (χ1v) is 4.54. The zero-order valence-electron chi connectivity index (χ0n) is 6.87. The largest absolute Gasteiger partial charge is 0.368 e. The van der Waals surface area contributed by atoms with Crippen LogP contribution >= 0.6 is 11.8 Å². The number of carbonyl (C=O) groups excluding carboxylic acids is 1. The molecule has 64 valence electrons. The van der Waals surface area contributed by atoms with Gasteiger partial charge in [0.2, 0.25) is 5.95 Å². The molecule has 0 atom stereocenters. The van der Waals surface area contributed by atoms with Gasteiger partial charge in [-0.2, -0.15) is 0 Å². The van der Waals surface area contributed by atoms with E-state index in [-0.39, 0.29) is 5.95 Å². The van der Waals surface area contributed by atoms with Gasteiger partial charge in [0, 0.05) is 0 Å². The highest BCUT2D eigenvalue weighted by Gasteiger charge is 2.07. The summed E-state index contributed by atoms with van der Waals surface area (Å²) in [6.07, 6.45) is 2.59. The molecule has 0 saturated heterocycles. The maximum atomic E-state index is 10.6. The summed E-state index contributed by atoms with van der Waals surface area (Å²) in [5.41, 5.74) is 6.56. The van der Waals surface area contributed by atoms with Crippen LogP contribution in [0.15, 0.2) is 5.03 Å². The van der Waals surface area contributed by atoms with E-state index in [2.05, 4.69) is 9.97 Å². The molecule has 5 heteroatoms. The Morgan fingerprint density at radius 2 is 2.17 bits per heavy atom. The van der Waals surface area contributed by atoms with Crippen molar-refractivity contribution in [1.29, 1.82) is 0 Å². The van der Waals surface area contributed by atoms with Crippen LogP contribution in [0.4, 0.5) is 5.95 Å². The van der Waals surface area contributed by atoms with Gasteiger partial charge >= 0.3 is 0 Å². The van der Waals surface area contributed by atoms with Gasteiger partial charge in [0.1, 0.15) is 5.03 Å². The van der Waals surface area contributed by atoms with Gasteiger partial charge in [-0.15, -0.1) is 11.8 Å². The summed E-state index contributed by atoms with van der Waals surface area (Å²) in [4.78, 5) is 18.4. The van der Waals surface area contributed by atoms with Crippen molar-refractivity contribution in [3.05, 3.63) is 11.3 Å². The first-order chi connectivity index (χ1) is 5.69. The highest BCUT2D eigenvalue weighted by molar-refractivity contribution is 7.98. The number of carbonyl (C=O) groups is 1. The lowest BCUT2D eigenvalue weighted by Gasteiger charge is -2.03. The second-order valence-corrected chi connectivity index (χ2v) is 3.00. The molecular formula is C7H9N3OS. The van der Waals surface area contributed by atoms with E-state index in [0.29, 0.717) is 16.3 Å². The van der Waals surface area contributed by atoms with Crippen LogP contribution in [-0.4, -0.2) is 22.5 Å². The molecule has 0 spiro atoms. The van der Waals surface area contributed by atoms with Crippen LogP contribution in [0.25, 0.3) is 0 Å². The van der Waals surface area contributed by atoms with Gasteiger partial charge in [0.15, 0.2) is 6.29 Å². The molecule has 1 aromatic rings. The van der Waals surface area contributed by atoms with Crippen LogP contribution in [0.2, 0.25) is 0 Å². The number of hydrogen-bond acceptors (Lipinski definition) is 5. The zero-order valence-corrected chi connectivity index (χ0v) is 7.68. The van der Waals surface area contributed by atoms with Crippen molar-refractivity contribution in [2.75, 3.05) is 12.0 Å². The Balaban J connectivity index is 3.33. The van der Waals surface area contributed by atoms with E-state index in [0.717, 1.165) is 6.29 Å². The molecule has 0 aromatic carbocycles. The van der Waals surface area contributed by atoms with Gasteiger partial charge in [0.05, 0.1) is 11.3 Å². The van der Waals surface area contributed by atoms with E-state index >= 15 is 0 Å². The van der Waals surface area contributed by atoms with Crippen molar-refractivity contribution in [3.8, 4) is 0 Å². The van der Waals surface area contributed by atoms with Crippen molar-refractivity contribution < 1.29 is 4.79 Å². The Morgan fingerprint density at radius 3 is 2.67 bits per heavy atom. The Morgan fingerprint density at radius 1 is 1.50 bits per heavy atom. The van der Waals surface area contributed by atoms with E-state index < -0.39 is 0 Å². The molecule has 0 aliphatic carbocycles. The number of nitrogens with two attached hydrogens (primary N) is 1. The fourth-order valence-electron chi connectivity index (χ4n) is 0.867. The predicted octanol–water partition coefficient (Wildman–Crippen LogP) is 0.902. The first-order valence-electron chi connectivity index (χ1n) is 3.32. The van der Waals surface area contributed by atoms with Gasteiger partial charge in [-0.05, 0) is 13.2 Å². The average molecular weight is 183 g/mol. The molecule has 1 heterocycles. The minimum absolute atomic E-state index is 0.211. The van der Waals surface area contributed by atoms with Gasteiger partial charge < -0.3 is 5.73 Å². The average Bonchev–Trinajstić information content (AvgIpc) is 2.03. The first kappa shape index (κ1) is 8.99. The number of anilines is 1. The highest BCUT2D eigenvalue weighted by atomic mass is 32.2. The summed E-state index contributed by atoms with van der Waals surface area (Å²) in [5, 5.41) is 0.634. The standard InChI is InChI=1S/C7H9N3OS/c1-4-5(3-11)6(12-2)10-7(8)9-4/h3H,1-2H3,(H2,8,9,10). The molecule has 0 unspecified atom stereocenters. The Hall–Kier alpha value is -1.10. The molecule has 0 amide bonds. The van der Waals surface area contributed by atoms with Crippen LogP contribution in [0.3, 0.4) is 0 Å². The van der Waals surface area contributed by atoms with Crippen LogP contribution < -0.4 is 5.73 Å². The van der Waals surface area contributed by atoms with E-state index in [1.165, 1.54) is 11.8 Å². The lowest BCUT2D eigenvalue weighted by molar-refractivity contribution is 0.111. The third-order valence-corrected chi connectivity index (χ3v) is 2.13. The quantitative estimate of drug-likeness (QED) is 0.419. The topological polar surface area (TPSA) is 68.9 Å². The molecule has 12 heavy (non-hydrogen) atoms. The third kappa shape index (κ3) is 1.55. The Bertz CT molecular complexity index is 314. The maximum Gasteiger partial charge on any atom is 0.221 e. The number of thioether (sulfide) groups is 1. The van der Waals surface area contributed by atoms with Crippen LogP contribution in [0.5, 0.6) is 0 Å². The van der Waals surface area contributed by atoms with Crippen LogP contribution in [-0.2, 0) is 0 Å². The summed E-state index contributed by atoms with van der Waals surface area (Å²) in [5.74, 6) is 0.211. The highest BCUT2D eigenvalue weighted by Crippen LogP contribution is 2.18. The normalized spacial score (nSPS) is 9.83. The lowest BCUT2D eigenvalue weighted by atomic mass is 10.3. The van der Waals surface area contributed by atoms with E-state index in [9.17, 15) is 4.79 Å². The smallest absolute Gasteiger partial charge is 0.221 e. The summed E-state index contributed by atoms with van der Waals surface area (Å²) in [6, 6.07) is 0. The monoisotopic (exact) mass is 183 g/mol. The van der Waals surface area contributed by atoms with Crippen molar-refractivity contribution in [2.45, 2.75) is 11.9 Å². The van der Waals surface area contributed by atoms with Gasteiger partial charge in [-0.25, -0.2) is 9.97 Å². The fourth-order valence-corrected chi connectivity index (χ4v) is 1.47. The second-order valence-electron chi connectivity index (χ2n) is 2.21. The number of aryl methyl sites for hydroxylation is 1. The molecule has 1 rings (SSSR count). The molecular weight excluding hydrogens is 174 g/mol. The Labute approximate surface area is 74.6 Å². The molecule has 0 radical (unpaired) electrons. The molecule has 0 aliphatic rings. The van der Waals surface area contributed by atoms with Crippen molar-refractivity contribution in [2.24, 2.45) is 0 Å². The van der Waals surface area contributed by atoms with Gasteiger partial charge in [-0.1, -0.05) is 0 Å². The number of hydrogen-bond donors (Lipinski definition) is 1. The van der Waals surface area contributed by atoms with Gasteiger partial charge in [-0.3, -0.25) is 4.79 Å². The molecule has 0 saturated carbocycles. The lowest BCUT2D eigenvalue weighted by Crippen LogP contribution is -2.02. The summed E-state index contributed by atoms with van der Waals surface area (Å²) in [6.45, 7) is 1.74.